The van der Waals surface area contributed by atoms with Crippen molar-refractivity contribution in [1.29, 1.82) is 0 Å². The van der Waals surface area contributed by atoms with Crippen LogP contribution in [0.1, 0.15) is 55.2 Å². The molecule has 7 heteroatoms. The third-order valence-electron chi connectivity index (χ3n) is 4.35. The lowest BCUT2D eigenvalue weighted by atomic mass is 10.0. The van der Waals surface area contributed by atoms with Crippen LogP contribution in [0.4, 0.5) is 4.79 Å². The zero-order valence-electron chi connectivity index (χ0n) is 18.0. The van der Waals surface area contributed by atoms with E-state index in [0.717, 1.165) is 21.3 Å². The highest BCUT2D eigenvalue weighted by molar-refractivity contribution is 9.10. The summed E-state index contributed by atoms with van der Waals surface area (Å²) in [5.41, 5.74) is 1.84. The minimum absolute atomic E-state index is 0.168. The van der Waals surface area contributed by atoms with Crippen molar-refractivity contribution in [2.75, 3.05) is 13.7 Å². The van der Waals surface area contributed by atoms with Gasteiger partial charge in [-0.25, -0.2) is 4.79 Å². The van der Waals surface area contributed by atoms with Crippen molar-refractivity contribution < 1.29 is 19.1 Å². The summed E-state index contributed by atoms with van der Waals surface area (Å²) >= 11 is 3.53. The normalized spacial score (nSPS) is 12.1. The van der Waals surface area contributed by atoms with Gasteiger partial charge in [-0.15, -0.1) is 0 Å². The Labute approximate surface area is 186 Å². The second kappa shape index (κ2) is 10.5. The number of hydrogen-bond acceptors (Lipinski definition) is 4. The lowest BCUT2D eigenvalue weighted by Crippen LogP contribution is -2.34. The van der Waals surface area contributed by atoms with Crippen molar-refractivity contribution in [1.82, 2.24) is 10.6 Å². The van der Waals surface area contributed by atoms with Gasteiger partial charge in [-0.2, -0.15) is 0 Å². The maximum atomic E-state index is 12.9. The molecule has 1 atom stereocenters. The van der Waals surface area contributed by atoms with E-state index in [1.807, 2.05) is 64.1 Å². The standard InChI is InChI=1S/C23H29BrN2O4/c1-15(18-11-10-17(29-5)14-20(18)24)26-21(27)19-9-7-6-8-16(19)12-13-25-22(28)30-23(2,3)4/h6-11,14-15H,12-13H2,1-5H3,(H,25,28)(H,26,27)/t15-/m1/s1. The van der Waals surface area contributed by atoms with Crippen molar-refractivity contribution >= 4 is 27.9 Å². The molecule has 0 aliphatic rings. The van der Waals surface area contributed by atoms with E-state index in [9.17, 15) is 9.59 Å². The highest BCUT2D eigenvalue weighted by atomic mass is 79.9. The van der Waals surface area contributed by atoms with E-state index < -0.39 is 11.7 Å². The van der Waals surface area contributed by atoms with Crippen molar-refractivity contribution in [3.63, 3.8) is 0 Å². The molecule has 0 unspecified atom stereocenters. The van der Waals surface area contributed by atoms with Crippen molar-refractivity contribution in [2.24, 2.45) is 0 Å². The molecule has 30 heavy (non-hydrogen) atoms. The van der Waals surface area contributed by atoms with Gasteiger partial charge in [-0.3, -0.25) is 4.79 Å². The highest BCUT2D eigenvalue weighted by Crippen LogP contribution is 2.28. The van der Waals surface area contributed by atoms with Crippen LogP contribution in [-0.4, -0.2) is 31.3 Å². The molecule has 0 aromatic heterocycles. The number of ether oxygens (including phenoxy) is 2. The molecule has 0 fully saturated rings. The number of rotatable bonds is 7. The number of amides is 2. The monoisotopic (exact) mass is 476 g/mol. The number of hydrogen-bond donors (Lipinski definition) is 2. The van der Waals surface area contributed by atoms with Crippen LogP contribution in [-0.2, 0) is 11.2 Å². The highest BCUT2D eigenvalue weighted by Gasteiger charge is 2.18. The molecule has 0 saturated heterocycles. The summed E-state index contributed by atoms with van der Waals surface area (Å²) in [5.74, 6) is 0.574. The van der Waals surface area contributed by atoms with Crippen molar-refractivity contribution in [2.45, 2.75) is 45.8 Å². The topological polar surface area (TPSA) is 76.7 Å². The Morgan fingerprint density at radius 1 is 1.13 bits per heavy atom. The summed E-state index contributed by atoms with van der Waals surface area (Å²) in [6.07, 6.45) is 0.0473. The van der Waals surface area contributed by atoms with Crippen LogP contribution in [0.15, 0.2) is 46.9 Å². The summed E-state index contributed by atoms with van der Waals surface area (Å²) in [6, 6.07) is 12.8. The van der Waals surface area contributed by atoms with E-state index in [4.69, 9.17) is 9.47 Å². The molecule has 0 aliphatic heterocycles. The molecule has 2 aromatic carbocycles. The lowest BCUT2D eigenvalue weighted by Gasteiger charge is -2.20. The first-order valence-corrected chi connectivity index (χ1v) is 10.6. The number of alkyl carbamates (subject to hydrolysis) is 1. The van der Waals surface area contributed by atoms with Crippen molar-refractivity contribution in [3.05, 3.63) is 63.6 Å². The quantitative estimate of drug-likeness (QED) is 0.588. The van der Waals surface area contributed by atoms with Gasteiger partial charge in [0.2, 0.25) is 0 Å². The molecule has 2 amide bonds. The van der Waals surface area contributed by atoms with Crippen LogP contribution in [0, 0.1) is 0 Å². The van der Waals surface area contributed by atoms with Crippen molar-refractivity contribution in [3.8, 4) is 5.75 Å². The molecule has 162 valence electrons. The second-order valence-electron chi connectivity index (χ2n) is 7.92. The molecular weight excluding hydrogens is 448 g/mol. The average molecular weight is 477 g/mol. The zero-order valence-corrected chi connectivity index (χ0v) is 19.6. The predicted octanol–water partition coefficient (Wildman–Crippen LogP) is 5.02. The summed E-state index contributed by atoms with van der Waals surface area (Å²) in [7, 11) is 1.61. The Morgan fingerprint density at radius 2 is 1.83 bits per heavy atom. The molecule has 2 N–H and O–H groups in total. The van der Waals surface area contributed by atoms with Gasteiger partial charge in [0.15, 0.2) is 0 Å². The Bertz CT molecular complexity index is 893. The van der Waals surface area contributed by atoms with Crippen LogP contribution in [0.5, 0.6) is 5.75 Å². The fourth-order valence-electron chi connectivity index (χ4n) is 2.91. The molecule has 0 saturated carbocycles. The van der Waals surface area contributed by atoms with Gasteiger partial charge >= 0.3 is 6.09 Å². The van der Waals surface area contributed by atoms with E-state index >= 15 is 0 Å². The summed E-state index contributed by atoms with van der Waals surface area (Å²) in [5, 5.41) is 5.77. The number of carbonyl (C=O) groups excluding carboxylic acids is 2. The molecule has 0 radical (unpaired) electrons. The Morgan fingerprint density at radius 3 is 2.47 bits per heavy atom. The summed E-state index contributed by atoms with van der Waals surface area (Å²) in [6.45, 7) is 7.74. The minimum atomic E-state index is -0.548. The molecule has 6 nitrogen and oxygen atoms in total. The predicted molar refractivity (Wildman–Crippen MR) is 121 cm³/mol. The summed E-state index contributed by atoms with van der Waals surface area (Å²) < 4.78 is 11.3. The third kappa shape index (κ3) is 7.06. The van der Waals surface area contributed by atoms with Crippen LogP contribution in [0.3, 0.4) is 0 Å². The van der Waals surface area contributed by atoms with Gasteiger partial charge < -0.3 is 20.1 Å². The van der Waals surface area contributed by atoms with E-state index in [0.29, 0.717) is 18.5 Å². The van der Waals surface area contributed by atoms with E-state index in [1.54, 1.807) is 13.2 Å². The lowest BCUT2D eigenvalue weighted by molar-refractivity contribution is 0.0528. The second-order valence-corrected chi connectivity index (χ2v) is 8.77. The van der Waals surface area contributed by atoms with Crippen LogP contribution in [0.2, 0.25) is 0 Å². The number of halogens is 1. The first-order chi connectivity index (χ1) is 14.1. The number of carbonyl (C=O) groups is 2. The smallest absolute Gasteiger partial charge is 0.407 e. The molecule has 2 aromatic rings. The van der Waals surface area contributed by atoms with Gasteiger partial charge in [-0.1, -0.05) is 40.2 Å². The Kier molecular flexibility index (Phi) is 8.29. The fraction of sp³-hybridized carbons (Fsp3) is 0.391. The average Bonchev–Trinajstić information content (AvgIpc) is 2.66. The van der Waals surface area contributed by atoms with Gasteiger partial charge in [0, 0.05) is 16.6 Å². The maximum Gasteiger partial charge on any atom is 0.407 e. The van der Waals surface area contributed by atoms with Crippen LogP contribution >= 0.6 is 15.9 Å². The van der Waals surface area contributed by atoms with Gasteiger partial charge in [-0.05, 0) is 63.4 Å². The SMILES string of the molecule is COc1ccc([C@@H](C)NC(=O)c2ccccc2CCNC(=O)OC(C)(C)C)c(Br)c1. The van der Waals surface area contributed by atoms with E-state index in [-0.39, 0.29) is 11.9 Å². The number of methoxy groups -OCH3 is 1. The minimum Gasteiger partial charge on any atom is -0.497 e. The van der Waals surface area contributed by atoms with Gasteiger partial charge in [0.1, 0.15) is 11.4 Å². The van der Waals surface area contributed by atoms with Crippen LogP contribution < -0.4 is 15.4 Å². The largest absolute Gasteiger partial charge is 0.497 e. The molecule has 0 bridgehead atoms. The van der Waals surface area contributed by atoms with E-state index in [2.05, 4.69) is 26.6 Å². The van der Waals surface area contributed by atoms with Crippen LogP contribution in [0.25, 0.3) is 0 Å². The van der Waals surface area contributed by atoms with E-state index in [1.165, 1.54) is 0 Å². The molecular formula is C23H29BrN2O4. The molecule has 0 spiro atoms. The molecule has 0 aliphatic carbocycles. The third-order valence-corrected chi connectivity index (χ3v) is 5.03. The molecule has 0 heterocycles. The maximum absolute atomic E-state index is 12.9. The van der Waals surface area contributed by atoms with Gasteiger partial charge in [0.25, 0.3) is 5.91 Å². The fourth-order valence-corrected chi connectivity index (χ4v) is 3.61. The van der Waals surface area contributed by atoms with Gasteiger partial charge in [0.05, 0.1) is 13.2 Å². The first kappa shape index (κ1) is 23.7. The zero-order chi connectivity index (χ0) is 22.3. The Balaban J connectivity index is 2.02. The number of nitrogens with one attached hydrogen (secondary N) is 2. The number of benzene rings is 2. The first-order valence-electron chi connectivity index (χ1n) is 9.80. The summed E-state index contributed by atoms with van der Waals surface area (Å²) in [4.78, 5) is 24.7. The molecule has 2 rings (SSSR count). The Hall–Kier alpha value is -2.54.